The summed E-state index contributed by atoms with van der Waals surface area (Å²) in [7, 11) is 0. The van der Waals surface area contributed by atoms with Crippen molar-refractivity contribution in [2.45, 2.75) is 38.8 Å². The van der Waals surface area contributed by atoms with Crippen LogP contribution in [-0.2, 0) is 4.79 Å². The summed E-state index contributed by atoms with van der Waals surface area (Å²) in [6, 6.07) is 11.8. The van der Waals surface area contributed by atoms with Gasteiger partial charge in [-0.2, -0.15) is 0 Å². The first-order valence-corrected chi connectivity index (χ1v) is 11.4. The minimum Gasteiger partial charge on any atom is -0.298 e. The Labute approximate surface area is 183 Å². The summed E-state index contributed by atoms with van der Waals surface area (Å²) in [5.74, 6) is 0.0898. The Hall–Kier alpha value is -2.38. The fourth-order valence-electron chi connectivity index (χ4n) is 3.54. The van der Waals surface area contributed by atoms with E-state index in [9.17, 15) is 9.18 Å². The summed E-state index contributed by atoms with van der Waals surface area (Å²) < 4.78 is 14.8. The van der Waals surface area contributed by atoms with Gasteiger partial charge in [-0.25, -0.2) is 9.40 Å². The van der Waals surface area contributed by atoms with E-state index >= 15 is 0 Å². The molecule has 0 unspecified atom stereocenters. The second-order valence-electron chi connectivity index (χ2n) is 7.12. The number of carbonyl (C=O) groups excluding carboxylic acids is 1. The summed E-state index contributed by atoms with van der Waals surface area (Å²) >= 11 is 7.82. The number of nitrogens with zero attached hydrogens (tertiary/aromatic N) is 3. The molecule has 0 radical (unpaired) electrons. The lowest BCUT2D eigenvalue weighted by atomic mass is 10.1. The molecule has 2 aromatic carbocycles. The lowest BCUT2D eigenvalue weighted by molar-refractivity contribution is -0.116. The molecule has 156 valence electrons. The Morgan fingerprint density at radius 3 is 2.80 bits per heavy atom. The highest BCUT2D eigenvalue weighted by molar-refractivity contribution is 8.13. The minimum atomic E-state index is -0.856. The predicted molar refractivity (Wildman–Crippen MR) is 119 cm³/mol. The van der Waals surface area contributed by atoms with Crippen molar-refractivity contribution in [3.05, 3.63) is 69.4 Å². The Balaban J connectivity index is 1.76. The number of nitrogens with one attached hydrogen (secondary N) is 1. The molecule has 2 aliphatic rings. The van der Waals surface area contributed by atoms with E-state index in [-0.39, 0.29) is 16.5 Å². The van der Waals surface area contributed by atoms with Crippen LogP contribution in [0.1, 0.15) is 44.3 Å². The number of hydrogen-bond acceptors (Lipinski definition) is 5. The lowest BCUT2D eigenvalue weighted by Gasteiger charge is -2.34. The molecular formula is C22H22ClFN4OS. The molecule has 0 aromatic heterocycles. The highest BCUT2D eigenvalue weighted by Gasteiger charge is 2.36. The average molecular weight is 445 g/mol. The van der Waals surface area contributed by atoms with Gasteiger partial charge in [-0.3, -0.25) is 15.1 Å². The van der Waals surface area contributed by atoms with Gasteiger partial charge in [0, 0.05) is 11.0 Å². The van der Waals surface area contributed by atoms with Gasteiger partial charge in [0.15, 0.2) is 11.3 Å². The normalized spacial score (nSPS) is 17.6. The molecule has 1 N–H and O–H groups in total. The number of amidine groups is 1. The van der Waals surface area contributed by atoms with E-state index in [0.717, 1.165) is 18.6 Å². The number of fused-ring (bicyclic) bond motifs is 2. The highest BCUT2D eigenvalue weighted by Crippen LogP contribution is 2.35. The van der Waals surface area contributed by atoms with Crippen molar-refractivity contribution in [2.75, 3.05) is 5.75 Å². The fraction of sp³-hybridized carbons (Fsp3) is 0.318. The number of rotatable bonds is 6. The van der Waals surface area contributed by atoms with Crippen LogP contribution in [-0.4, -0.2) is 21.8 Å². The van der Waals surface area contributed by atoms with E-state index in [1.807, 2.05) is 18.2 Å². The summed E-state index contributed by atoms with van der Waals surface area (Å²) in [4.78, 5) is 17.7. The quantitative estimate of drug-likeness (QED) is 0.687. The van der Waals surface area contributed by atoms with Crippen LogP contribution in [0.2, 0.25) is 5.02 Å². The number of halogens is 2. The van der Waals surface area contributed by atoms with E-state index in [1.165, 1.54) is 35.7 Å². The maximum absolute atomic E-state index is 14.8. The molecule has 0 saturated heterocycles. The standard InChI is InChI=1S/C22H22ClFN4OS/c1-2-3-4-7-13-30-22-26-21(29)19-14-9-5-6-12-17(14)25-20(28(19)27-22)18-15(23)10-8-11-16(18)24/h5-6,8-12,20H,2-4,7,13H2,1H3,(H,26,27,29)/t20-/m0/s1. The lowest BCUT2D eigenvalue weighted by Crippen LogP contribution is -2.50. The molecule has 30 heavy (non-hydrogen) atoms. The number of thioether (sulfide) groups is 1. The molecule has 0 fully saturated rings. The van der Waals surface area contributed by atoms with E-state index in [4.69, 9.17) is 16.6 Å². The fourth-order valence-corrected chi connectivity index (χ4v) is 4.65. The van der Waals surface area contributed by atoms with E-state index < -0.39 is 12.0 Å². The van der Waals surface area contributed by atoms with Crippen molar-refractivity contribution in [1.82, 2.24) is 10.3 Å². The molecule has 0 spiro atoms. The van der Waals surface area contributed by atoms with Gasteiger partial charge in [0.05, 0.1) is 15.9 Å². The molecule has 0 saturated carbocycles. The number of hydrogen-bond donors (Lipinski definition) is 1. The number of hydrazone groups is 1. The van der Waals surface area contributed by atoms with E-state index in [2.05, 4.69) is 17.3 Å². The largest absolute Gasteiger partial charge is 0.298 e. The second kappa shape index (κ2) is 9.18. The highest BCUT2D eigenvalue weighted by atomic mass is 35.5. The molecule has 5 nitrogen and oxygen atoms in total. The first kappa shape index (κ1) is 20.9. The van der Waals surface area contributed by atoms with Gasteiger partial charge in [0.25, 0.3) is 5.91 Å². The van der Waals surface area contributed by atoms with Crippen LogP contribution in [0.25, 0.3) is 5.70 Å². The van der Waals surface area contributed by atoms with Crippen LogP contribution in [0.3, 0.4) is 0 Å². The predicted octanol–water partition coefficient (Wildman–Crippen LogP) is 3.94. The number of unbranched alkanes of at least 4 members (excludes halogenated alkanes) is 3. The Kier molecular flexibility index (Phi) is 6.39. The molecular weight excluding hydrogens is 423 g/mol. The zero-order valence-electron chi connectivity index (χ0n) is 16.6. The number of carbonyl (C=O) groups is 1. The smallest absolute Gasteiger partial charge is 0.276 e. The third-order valence-corrected chi connectivity index (χ3v) is 6.29. The Morgan fingerprint density at radius 1 is 1.17 bits per heavy atom. The van der Waals surface area contributed by atoms with Crippen LogP contribution < -0.4 is 15.9 Å². The van der Waals surface area contributed by atoms with Gasteiger partial charge in [-0.15, -0.1) is 5.10 Å². The number of benzene rings is 2. The molecule has 0 aliphatic carbocycles. The van der Waals surface area contributed by atoms with Crippen molar-refractivity contribution in [1.29, 1.82) is 0 Å². The molecule has 8 heteroatoms. The summed E-state index contributed by atoms with van der Waals surface area (Å²) in [6.45, 7) is 2.17. The molecule has 1 atom stereocenters. The zero-order valence-corrected chi connectivity index (χ0v) is 18.1. The van der Waals surface area contributed by atoms with Crippen LogP contribution >= 0.6 is 23.4 Å². The summed E-state index contributed by atoms with van der Waals surface area (Å²) in [6.07, 6.45) is 3.68. The number of amides is 1. The van der Waals surface area contributed by atoms with Crippen LogP contribution in [0.15, 0.2) is 52.6 Å². The van der Waals surface area contributed by atoms with Crippen molar-refractivity contribution in [3.63, 3.8) is 0 Å². The SMILES string of the molecule is CCCCCCSC1=NN2C(=c3ccccc3=N[C@@H]2c2c(F)cccc2Cl)C(=O)N1. The average Bonchev–Trinajstić information content (AvgIpc) is 2.73. The monoisotopic (exact) mass is 444 g/mol. The van der Waals surface area contributed by atoms with Gasteiger partial charge in [-0.05, 0) is 24.6 Å². The van der Waals surface area contributed by atoms with Crippen molar-refractivity contribution >= 4 is 40.1 Å². The third kappa shape index (κ3) is 4.09. The first-order valence-electron chi connectivity index (χ1n) is 10.0. The maximum Gasteiger partial charge on any atom is 0.276 e. The van der Waals surface area contributed by atoms with Gasteiger partial charge >= 0.3 is 0 Å². The first-order chi connectivity index (χ1) is 14.6. The molecule has 2 heterocycles. The second-order valence-corrected chi connectivity index (χ2v) is 8.61. The van der Waals surface area contributed by atoms with Crippen LogP contribution in [0.5, 0.6) is 0 Å². The van der Waals surface area contributed by atoms with Crippen LogP contribution in [0.4, 0.5) is 4.39 Å². The van der Waals surface area contributed by atoms with Crippen molar-refractivity contribution in [2.24, 2.45) is 10.1 Å². The Bertz CT molecular complexity index is 1100. The van der Waals surface area contributed by atoms with Gasteiger partial charge < -0.3 is 0 Å². The van der Waals surface area contributed by atoms with Gasteiger partial charge in [0.1, 0.15) is 11.5 Å². The van der Waals surface area contributed by atoms with Gasteiger partial charge in [0.2, 0.25) is 0 Å². The summed E-state index contributed by atoms with van der Waals surface area (Å²) in [5.41, 5.74) is 0.553. The van der Waals surface area contributed by atoms with Gasteiger partial charge in [-0.1, -0.05) is 73.8 Å². The molecule has 0 bridgehead atoms. The van der Waals surface area contributed by atoms with E-state index in [0.29, 0.717) is 21.4 Å². The minimum absolute atomic E-state index is 0.205. The molecule has 1 amide bonds. The van der Waals surface area contributed by atoms with Crippen LogP contribution in [0, 0.1) is 5.82 Å². The molecule has 2 aromatic rings. The third-order valence-electron chi connectivity index (χ3n) is 5.01. The Morgan fingerprint density at radius 2 is 2.00 bits per heavy atom. The molecule has 2 aliphatic heterocycles. The maximum atomic E-state index is 14.8. The zero-order chi connectivity index (χ0) is 21.1. The van der Waals surface area contributed by atoms with Crippen molar-refractivity contribution in [3.8, 4) is 0 Å². The van der Waals surface area contributed by atoms with Crippen molar-refractivity contribution < 1.29 is 9.18 Å². The van der Waals surface area contributed by atoms with E-state index in [1.54, 1.807) is 18.2 Å². The topological polar surface area (TPSA) is 57.1 Å². The molecule has 4 rings (SSSR count). The summed E-state index contributed by atoms with van der Waals surface area (Å²) in [5, 5.41) is 11.0. The number of para-hydroxylation sites is 1.